The molecular weight excluding hydrogens is 376 g/mol. The molecule has 0 bridgehead atoms. The monoisotopic (exact) mass is 389 g/mol. The van der Waals surface area contributed by atoms with Crippen molar-refractivity contribution in [3.63, 3.8) is 0 Å². The molecule has 0 fully saturated rings. The fourth-order valence-electron chi connectivity index (χ4n) is 2.31. The van der Waals surface area contributed by atoms with Crippen molar-refractivity contribution in [3.8, 4) is 0 Å². The molecule has 7 heteroatoms. The van der Waals surface area contributed by atoms with Gasteiger partial charge in [-0.15, -0.1) is 0 Å². The van der Waals surface area contributed by atoms with Gasteiger partial charge in [-0.1, -0.05) is 47.5 Å². The van der Waals surface area contributed by atoms with Crippen LogP contribution in [0.3, 0.4) is 0 Å². The molecule has 0 radical (unpaired) electrons. The molecule has 0 aliphatic heterocycles. The van der Waals surface area contributed by atoms with Crippen molar-refractivity contribution in [1.29, 1.82) is 0 Å². The quantitative estimate of drug-likeness (QED) is 0.622. The zero-order valence-corrected chi connectivity index (χ0v) is 15.0. The Bertz CT molecular complexity index is 969. The van der Waals surface area contributed by atoms with Gasteiger partial charge in [-0.2, -0.15) is 5.10 Å². The molecule has 3 rings (SSSR count). The molecule has 132 valence electrons. The number of carbonyl (C=O) groups is 1. The molecule has 1 N–H and O–H groups in total. The van der Waals surface area contributed by atoms with E-state index in [4.69, 9.17) is 23.2 Å². The smallest absolute Gasteiger partial charge is 0.249 e. The van der Waals surface area contributed by atoms with E-state index in [1.807, 2.05) is 18.2 Å². The van der Waals surface area contributed by atoms with E-state index < -0.39 is 5.82 Å². The molecule has 0 saturated heterocycles. The number of rotatable bonds is 5. The van der Waals surface area contributed by atoms with E-state index in [0.717, 1.165) is 5.56 Å². The average molecular weight is 390 g/mol. The van der Waals surface area contributed by atoms with E-state index in [9.17, 15) is 9.18 Å². The number of carbonyl (C=O) groups excluding carboxylic acids is 1. The largest absolute Gasteiger partial charge is 0.307 e. The van der Waals surface area contributed by atoms with E-state index in [0.29, 0.717) is 22.9 Å². The number of amides is 1. The van der Waals surface area contributed by atoms with Crippen LogP contribution in [0.15, 0.2) is 60.8 Å². The van der Waals surface area contributed by atoms with Crippen molar-refractivity contribution in [3.05, 3.63) is 87.8 Å². The van der Waals surface area contributed by atoms with Gasteiger partial charge < -0.3 is 5.32 Å². The number of nitrogens with zero attached hydrogens (tertiary/aromatic N) is 2. The minimum absolute atomic E-state index is 0.00498. The summed E-state index contributed by atoms with van der Waals surface area (Å²) in [6.07, 6.45) is 4.49. The Labute approximate surface area is 159 Å². The van der Waals surface area contributed by atoms with Gasteiger partial charge in [0.25, 0.3) is 0 Å². The molecule has 0 atom stereocenters. The SMILES string of the molecule is O=C(/C=C/c1ccc(F)c(Cl)c1)Nc1ccnn1Cc1ccccc1Cl. The molecule has 1 heterocycles. The Morgan fingerprint density at radius 1 is 1.15 bits per heavy atom. The summed E-state index contributed by atoms with van der Waals surface area (Å²) >= 11 is 11.9. The van der Waals surface area contributed by atoms with Crippen molar-refractivity contribution in [2.24, 2.45) is 0 Å². The lowest BCUT2D eigenvalue weighted by molar-refractivity contribution is -0.111. The molecular formula is C19H14Cl2FN3O. The second kappa shape index (κ2) is 8.17. The van der Waals surface area contributed by atoms with Crippen LogP contribution in [-0.4, -0.2) is 15.7 Å². The summed E-state index contributed by atoms with van der Waals surface area (Å²) in [4.78, 5) is 12.1. The van der Waals surface area contributed by atoms with Gasteiger partial charge in [0.1, 0.15) is 11.6 Å². The zero-order valence-electron chi connectivity index (χ0n) is 13.5. The molecule has 3 aromatic rings. The van der Waals surface area contributed by atoms with Gasteiger partial charge in [0.15, 0.2) is 0 Å². The van der Waals surface area contributed by atoms with Crippen molar-refractivity contribution in [2.45, 2.75) is 6.54 Å². The molecule has 26 heavy (non-hydrogen) atoms. The standard InChI is InChI=1S/C19H14Cl2FN3O/c20-15-4-2-1-3-14(15)12-25-18(9-10-23-25)24-19(26)8-6-13-5-7-17(22)16(21)11-13/h1-11H,12H2,(H,24,26)/b8-6+. The van der Waals surface area contributed by atoms with Crippen LogP contribution in [0.2, 0.25) is 10.0 Å². The number of halogens is 3. The van der Waals surface area contributed by atoms with Crippen LogP contribution < -0.4 is 5.32 Å². The predicted octanol–water partition coefficient (Wildman–Crippen LogP) is 5.03. The first-order chi connectivity index (χ1) is 12.5. The summed E-state index contributed by atoms with van der Waals surface area (Å²) in [5, 5.41) is 7.59. The Kier molecular flexibility index (Phi) is 5.71. The second-order valence-corrected chi connectivity index (χ2v) is 6.28. The van der Waals surface area contributed by atoms with Crippen LogP contribution in [0.1, 0.15) is 11.1 Å². The van der Waals surface area contributed by atoms with E-state index in [2.05, 4.69) is 10.4 Å². The molecule has 0 spiro atoms. The van der Waals surface area contributed by atoms with Crippen LogP contribution in [-0.2, 0) is 11.3 Å². The highest BCUT2D eigenvalue weighted by atomic mass is 35.5. The lowest BCUT2D eigenvalue weighted by Crippen LogP contribution is -2.13. The van der Waals surface area contributed by atoms with Gasteiger partial charge in [-0.05, 0) is 35.4 Å². The molecule has 0 unspecified atom stereocenters. The van der Waals surface area contributed by atoms with E-state index in [1.165, 1.54) is 24.3 Å². The van der Waals surface area contributed by atoms with Gasteiger partial charge in [0.05, 0.1) is 17.8 Å². The van der Waals surface area contributed by atoms with Crippen LogP contribution in [0, 0.1) is 5.82 Å². The number of nitrogens with one attached hydrogen (secondary N) is 1. The average Bonchev–Trinajstić information content (AvgIpc) is 3.05. The summed E-state index contributed by atoms with van der Waals surface area (Å²) in [5.41, 5.74) is 1.51. The Hall–Kier alpha value is -2.63. The number of anilines is 1. The predicted molar refractivity (Wildman–Crippen MR) is 102 cm³/mol. The first-order valence-electron chi connectivity index (χ1n) is 7.72. The van der Waals surface area contributed by atoms with E-state index >= 15 is 0 Å². The summed E-state index contributed by atoms with van der Waals surface area (Å²) in [7, 11) is 0. The first kappa shape index (κ1) is 18.2. The number of hydrogen-bond donors (Lipinski definition) is 1. The molecule has 2 aromatic carbocycles. The van der Waals surface area contributed by atoms with Crippen LogP contribution >= 0.6 is 23.2 Å². The topological polar surface area (TPSA) is 46.9 Å². The van der Waals surface area contributed by atoms with Crippen LogP contribution in [0.5, 0.6) is 0 Å². The van der Waals surface area contributed by atoms with Crippen molar-refractivity contribution in [1.82, 2.24) is 9.78 Å². The highest BCUT2D eigenvalue weighted by molar-refractivity contribution is 6.31. The van der Waals surface area contributed by atoms with Crippen molar-refractivity contribution >= 4 is 41.0 Å². The van der Waals surface area contributed by atoms with Gasteiger partial charge in [-0.3, -0.25) is 4.79 Å². The lowest BCUT2D eigenvalue weighted by atomic mass is 10.2. The molecule has 0 aliphatic carbocycles. The molecule has 4 nitrogen and oxygen atoms in total. The third kappa shape index (κ3) is 4.50. The van der Waals surface area contributed by atoms with Gasteiger partial charge in [0, 0.05) is 17.2 Å². The second-order valence-electron chi connectivity index (χ2n) is 5.46. The third-order valence-corrected chi connectivity index (χ3v) is 4.27. The maximum absolute atomic E-state index is 13.1. The number of hydrogen-bond acceptors (Lipinski definition) is 2. The molecule has 1 amide bonds. The Morgan fingerprint density at radius 2 is 1.96 bits per heavy atom. The van der Waals surface area contributed by atoms with Gasteiger partial charge in [0.2, 0.25) is 5.91 Å². The molecule has 0 saturated carbocycles. The van der Waals surface area contributed by atoms with Crippen LogP contribution in [0.25, 0.3) is 6.08 Å². The fourth-order valence-corrected chi connectivity index (χ4v) is 2.69. The maximum Gasteiger partial charge on any atom is 0.249 e. The molecule has 0 aliphatic rings. The summed E-state index contributed by atoms with van der Waals surface area (Å²) in [5.74, 6) is -0.306. The van der Waals surface area contributed by atoms with Crippen molar-refractivity contribution < 1.29 is 9.18 Å². The first-order valence-corrected chi connectivity index (χ1v) is 8.48. The fraction of sp³-hybridized carbons (Fsp3) is 0.0526. The van der Waals surface area contributed by atoms with E-state index in [-0.39, 0.29) is 10.9 Å². The number of aromatic nitrogens is 2. The minimum atomic E-state index is -0.503. The minimum Gasteiger partial charge on any atom is -0.307 e. The zero-order chi connectivity index (χ0) is 18.5. The summed E-state index contributed by atoms with van der Waals surface area (Å²) in [6, 6.07) is 13.4. The highest BCUT2D eigenvalue weighted by Crippen LogP contribution is 2.19. The van der Waals surface area contributed by atoms with Crippen molar-refractivity contribution in [2.75, 3.05) is 5.32 Å². The Balaban J connectivity index is 1.68. The lowest BCUT2D eigenvalue weighted by Gasteiger charge is -2.09. The molecule has 1 aromatic heterocycles. The highest BCUT2D eigenvalue weighted by Gasteiger charge is 2.08. The summed E-state index contributed by atoms with van der Waals surface area (Å²) in [6.45, 7) is 0.430. The Morgan fingerprint density at radius 3 is 2.73 bits per heavy atom. The van der Waals surface area contributed by atoms with Crippen LogP contribution in [0.4, 0.5) is 10.2 Å². The maximum atomic E-state index is 13.1. The normalized spacial score (nSPS) is 11.0. The summed E-state index contributed by atoms with van der Waals surface area (Å²) < 4.78 is 14.8. The third-order valence-electron chi connectivity index (χ3n) is 3.62. The number of benzene rings is 2. The van der Waals surface area contributed by atoms with E-state index in [1.54, 1.807) is 29.1 Å². The van der Waals surface area contributed by atoms with Gasteiger partial charge >= 0.3 is 0 Å². The van der Waals surface area contributed by atoms with Gasteiger partial charge in [-0.25, -0.2) is 9.07 Å².